The van der Waals surface area contributed by atoms with Crippen molar-refractivity contribution in [2.75, 3.05) is 7.11 Å². The summed E-state index contributed by atoms with van der Waals surface area (Å²) in [5.41, 5.74) is 0.734. The predicted octanol–water partition coefficient (Wildman–Crippen LogP) is 1.43. The molecule has 1 aliphatic rings. The maximum atomic E-state index is 10.6. The van der Waals surface area contributed by atoms with Crippen LogP contribution in [-0.2, 0) is 4.74 Å². The van der Waals surface area contributed by atoms with E-state index >= 15 is 0 Å². The van der Waals surface area contributed by atoms with Crippen LogP contribution < -0.4 is 4.74 Å². The Labute approximate surface area is 104 Å². The highest BCUT2D eigenvalue weighted by atomic mass is 16.6. The summed E-state index contributed by atoms with van der Waals surface area (Å²) in [6.45, 7) is 1.75. The molecule has 1 saturated carbocycles. The SMILES string of the molecule is COC1C(O)CC1Oc1ccc([N+](=O)[O-])cc1C. The van der Waals surface area contributed by atoms with E-state index in [0.717, 1.165) is 0 Å². The first-order chi connectivity index (χ1) is 8.52. The van der Waals surface area contributed by atoms with Gasteiger partial charge in [0.15, 0.2) is 0 Å². The van der Waals surface area contributed by atoms with Gasteiger partial charge >= 0.3 is 0 Å². The molecule has 0 radical (unpaired) electrons. The molecule has 0 amide bonds. The Morgan fingerprint density at radius 1 is 1.50 bits per heavy atom. The van der Waals surface area contributed by atoms with Crippen molar-refractivity contribution in [3.63, 3.8) is 0 Å². The van der Waals surface area contributed by atoms with Crippen LogP contribution in [0.3, 0.4) is 0 Å². The number of aliphatic hydroxyl groups is 1. The highest BCUT2D eigenvalue weighted by molar-refractivity contribution is 5.43. The summed E-state index contributed by atoms with van der Waals surface area (Å²) in [7, 11) is 1.52. The molecule has 0 bridgehead atoms. The zero-order valence-electron chi connectivity index (χ0n) is 10.2. The average Bonchev–Trinajstić information content (AvgIpc) is 2.30. The molecule has 2 rings (SSSR count). The molecule has 6 nitrogen and oxygen atoms in total. The standard InChI is InChI=1S/C12H15NO5/c1-7-5-8(13(15)16)3-4-10(7)18-11-6-9(14)12(11)17-2/h3-5,9,11-12,14H,6H2,1-2H3. The second-order valence-electron chi connectivity index (χ2n) is 4.37. The number of nitrogens with zero attached hydrogens (tertiary/aromatic N) is 1. The first kappa shape index (κ1) is 12.8. The fourth-order valence-corrected chi connectivity index (χ4v) is 2.02. The first-order valence-electron chi connectivity index (χ1n) is 5.65. The van der Waals surface area contributed by atoms with Crippen LogP contribution in [0, 0.1) is 17.0 Å². The lowest BCUT2D eigenvalue weighted by Gasteiger charge is -2.40. The topological polar surface area (TPSA) is 81.8 Å². The summed E-state index contributed by atoms with van der Waals surface area (Å²) < 4.78 is 10.8. The maximum absolute atomic E-state index is 10.6. The zero-order valence-corrected chi connectivity index (χ0v) is 10.2. The molecule has 0 saturated heterocycles. The van der Waals surface area contributed by atoms with E-state index in [9.17, 15) is 15.2 Å². The van der Waals surface area contributed by atoms with E-state index in [1.165, 1.54) is 19.2 Å². The minimum absolute atomic E-state index is 0.0387. The Balaban J connectivity index is 2.09. The Bertz CT molecular complexity index is 462. The van der Waals surface area contributed by atoms with Crippen molar-refractivity contribution < 1.29 is 19.5 Å². The maximum Gasteiger partial charge on any atom is 0.269 e. The normalized spacial score (nSPS) is 26.5. The van der Waals surface area contributed by atoms with Crippen molar-refractivity contribution >= 4 is 5.69 Å². The molecule has 0 spiro atoms. The van der Waals surface area contributed by atoms with Crippen molar-refractivity contribution in [1.29, 1.82) is 0 Å². The van der Waals surface area contributed by atoms with Crippen LogP contribution in [0.25, 0.3) is 0 Å². The van der Waals surface area contributed by atoms with Crippen LogP contribution in [0.4, 0.5) is 5.69 Å². The van der Waals surface area contributed by atoms with Gasteiger partial charge in [-0.2, -0.15) is 0 Å². The van der Waals surface area contributed by atoms with Crippen molar-refractivity contribution in [2.45, 2.75) is 31.7 Å². The van der Waals surface area contributed by atoms with Crippen molar-refractivity contribution in [3.05, 3.63) is 33.9 Å². The predicted molar refractivity (Wildman–Crippen MR) is 63.7 cm³/mol. The zero-order chi connectivity index (χ0) is 13.3. The highest BCUT2D eigenvalue weighted by Crippen LogP contribution is 2.31. The molecule has 1 N–H and O–H groups in total. The number of nitro groups is 1. The van der Waals surface area contributed by atoms with E-state index in [1.54, 1.807) is 13.0 Å². The molecule has 6 heteroatoms. The third-order valence-corrected chi connectivity index (χ3v) is 3.14. The van der Waals surface area contributed by atoms with E-state index in [4.69, 9.17) is 9.47 Å². The van der Waals surface area contributed by atoms with E-state index in [0.29, 0.717) is 17.7 Å². The number of ether oxygens (including phenoxy) is 2. The molecule has 1 fully saturated rings. The average molecular weight is 253 g/mol. The smallest absolute Gasteiger partial charge is 0.269 e. The summed E-state index contributed by atoms with van der Waals surface area (Å²) in [5, 5.41) is 20.1. The molecule has 1 aliphatic carbocycles. The first-order valence-corrected chi connectivity index (χ1v) is 5.65. The summed E-state index contributed by atoms with van der Waals surface area (Å²) in [5.74, 6) is 0.583. The van der Waals surface area contributed by atoms with Gasteiger partial charge in [0.2, 0.25) is 0 Å². The van der Waals surface area contributed by atoms with Gasteiger partial charge in [-0.1, -0.05) is 0 Å². The van der Waals surface area contributed by atoms with Gasteiger partial charge in [0, 0.05) is 25.7 Å². The van der Waals surface area contributed by atoms with E-state index in [-0.39, 0.29) is 17.9 Å². The Morgan fingerprint density at radius 2 is 2.22 bits per heavy atom. The van der Waals surface area contributed by atoms with Crippen LogP contribution in [0.5, 0.6) is 5.75 Å². The van der Waals surface area contributed by atoms with Crippen LogP contribution in [0.1, 0.15) is 12.0 Å². The number of methoxy groups -OCH3 is 1. The number of aliphatic hydroxyl groups excluding tert-OH is 1. The summed E-state index contributed by atoms with van der Waals surface area (Å²) >= 11 is 0. The van der Waals surface area contributed by atoms with Gasteiger partial charge in [-0.25, -0.2) is 0 Å². The Hall–Kier alpha value is -1.66. The van der Waals surface area contributed by atoms with Crippen LogP contribution >= 0.6 is 0 Å². The molecule has 0 aliphatic heterocycles. The third kappa shape index (κ3) is 2.30. The lowest BCUT2D eigenvalue weighted by molar-refractivity contribution is -0.384. The molecular weight excluding hydrogens is 238 g/mol. The summed E-state index contributed by atoms with van der Waals surface area (Å²) in [6, 6.07) is 4.44. The van der Waals surface area contributed by atoms with Gasteiger partial charge in [-0.05, 0) is 18.6 Å². The third-order valence-electron chi connectivity index (χ3n) is 3.14. The summed E-state index contributed by atoms with van der Waals surface area (Å²) in [4.78, 5) is 10.2. The number of aryl methyl sites for hydroxylation is 1. The lowest BCUT2D eigenvalue weighted by Crippen LogP contribution is -2.54. The largest absolute Gasteiger partial charge is 0.487 e. The van der Waals surface area contributed by atoms with Crippen molar-refractivity contribution in [2.24, 2.45) is 0 Å². The number of rotatable bonds is 4. The van der Waals surface area contributed by atoms with Crippen LogP contribution in [0.15, 0.2) is 18.2 Å². The van der Waals surface area contributed by atoms with Gasteiger partial charge in [-0.15, -0.1) is 0 Å². The Morgan fingerprint density at radius 3 is 2.72 bits per heavy atom. The fourth-order valence-electron chi connectivity index (χ4n) is 2.02. The van der Waals surface area contributed by atoms with Gasteiger partial charge in [-0.3, -0.25) is 10.1 Å². The minimum Gasteiger partial charge on any atom is -0.487 e. The second kappa shape index (κ2) is 4.91. The molecule has 3 unspecified atom stereocenters. The van der Waals surface area contributed by atoms with E-state index < -0.39 is 11.0 Å². The van der Waals surface area contributed by atoms with Crippen molar-refractivity contribution in [1.82, 2.24) is 0 Å². The number of non-ortho nitro benzene ring substituents is 1. The molecule has 18 heavy (non-hydrogen) atoms. The van der Waals surface area contributed by atoms with Gasteiger partial charge in [0.05, 0.1) is 11.0 Å². The highest BCUT2D eigenvalue weighted by Gasteiger charge is 2.42. The van der Waals surface area contributed by atoms with E-state index in [2.05, 4.69) is 0 Å². The molecule has 1 aromatic carbocycles. The molecule has 1 aromatic rings. The quantitative estimate of drug-likeness (QED) is 0.648. The molecule has 0 heterocycles. The number of benzene rings is 1. The van der Waals surface area contributed by atoms with Crippen LogP contribution in [-0.4, -0.2) is 35.5 Å². The second-order valence-corrected chi connectivity index (χ2v) is 4.37. The van der Waals surface area contributed by atoms with Gasteiger partial charge in [0.1, 0.15) is 18.0 Å². The van der Waals surface area contributed by atoms with Gasteiger partial charge < -0.3 is 14.6 Å². The molecular formula is C12H15NO5. The van der Waals surface area contributed by atoms with Gasteiger partial charge in [0.25, 0.3) is 5.69 Å². The van der Waals surface area contributed by atoms with Crippen molar-refractivity contribution in [3.8, 4) is 5.75 Å². The fraction of sp³-hybridized carbons (Fsp3) is 0.500. The van der Waals surface area contributed by atoms with E-state index in [1.807, 2.05) is 0 Å². The summed E-state index contributed by atoms with van der Waals surface area (Å²) in [6.07, 6.45) is -0.530. The Kier molecular flexibility index (Phi) is 3.49. The lowest BCUT2D eigenvalue weighted by atomic mass is 9.88. The minimum atomic E-state index is -0.502. The number of nitro benzene ring substituents is 1. The molecule has 98 valence electrons. The molecule has 3 atom stereocenters. The molecule has 0 aromatic heterocycles. The monoisotopic (exact) mass is 253 g/mol. The number of hydrogen-bond donors (Lipinski definition) is 1. The number of hydrogen-bond acceptors (Lipinski definition) is 5. The van der Waals surface area contributed by atoms with Crippen LogP contribution in [0.2, 0.25) is 0 Å².